The predicted octanol–water partition coefficient (Wildman–Crippen LogP) is 10.5. The Morgan fingerprint density at radius 1 is 0.530 bits per heavy atom. The first kappa shape index (κ1) is 46.8. The minimum Gasteiger partial charge on any atom is -0.370 e. The van der Waals surface area contributed by atoms with Crippen LogP contribution in [0.15, 0.2) is 60.9 Å². The van der Waals surface area contributed by atoms with E-state index in [-0.39, 0.29) is 22.9 Å². The van der Waals surface area contributed by atoms with Crippen LogP contribution in [0.2, 0.25) is 0 Å². The van der Waals surface area contributed by atoms with Gasteiger partial charge in [0.2, 0.25) is 0 Å². The summed E-state index contributed by atoms with van der Waals surface area (Å²) in [6.45, 7) is 11.7. The molecule has 4 saturated heterocycles. The Bertz CT molecular complexity index is 2220. The zero-order valence-electron chi connectivity index (χ0n) is 38.6. The highest BCUT2D eigenvalue weighted by Crippen LogP contribution is 2.49. The van der Waals surface area contributed by atoms with E-state index in [1.54, 1.807) is 36.4 Å². The van der Waals surface area contributed by atoms with Crippen molar-refractivity contribution in [2.45, 2.75) is 77.6 Å². The third-order valence-corrected chi connectivity index (χ3v) is 16.1. The average Bonchev–Trinajstić information content (AvgIpc) is 3.25. The molecule has 10 atom stereocenters. The molecular formula is C52H64F6N6O2. The molecule has 6 heterocycles. The number of hydrogen-bond acceptors (Lipinski definition) is 8. The molecule has 4 aliphatic heterocycles. The molecule has 4 aromatic rings. The first-order chi connectivity index (χ1) is 31.4. The van der Waals surface area contributed by atoms with Crippen LogP contribution >= 0.6 is 0 Å². The molecule has 0 spiro atoms. The minimum atomic E-state index is -4.44. The standard InChI is InChI=1S/2C26H32F3N3O/c2*1-16-8-17(9-20(33)11-22-18-10-19(22)15-31(2)14-18)13-32(12-16)24-6-5-23(26(27,28)29)25-21(24)4-3-7-30-25/h2*3-7,16-19,22H,8-15H2,1-2H3/t2*16-,17-,18-,19+,22?/m00/s1. The zero-order valence-corrected chi connectivity index (χ0v) is 38.6. The van der Waals surface area contributed by atoms with Crippen LogP contribution in [0.4, 0.5) is 37.7 Å². The number of ketones is 2. The van der Waals surface area contributed by atoms with E-state index in [2.05, 4.69) is 57.5 Å². The Balaban J connectivity index is 0.000000166. The SMILES string of the molecule is C[C@H]1C[C@@H](CC(=O)CC2[C@@H]3C[C@H]2CN(C)C3)CN(c2ccc(C(F)(F)F)c3ncccc23)C1.C[C@H]1C[C@@H](CC(=O)CC2[C@@H]3C[C@H]2CN(C)C3)CN(c2ccc(C(F)(F)F)c3ncccc23)C1. The number of carbonyl (C=O) groups is 2. The highest BCUT2D eigenvalue weighted by Gasteiger charge is 2.47. The average molecular weight is 919 g/mol. The summed E-state index contributed by atoms with van der Waals surface area (Å²) in [7, 11) is 4.32. The van der Waals surface area contributed by atoms with Crippen molar-refractivity contribution in [2.75, 3.05) is 76.3 Å². The van der Waals surface area contributed by atoms with E-state index in [0.717, 1.165) is 75.6 Å². The molecule has 4 bridgehead atoms. The van der Waals surface area contributed by atoms with Gasteiger partial charge in [-0.05, 0) is 147 Å². The van der Waals surface area contributed by atoms with Crippen LogP contribution in [-0.4, -0.2) is 97.8 Å². The highest BCUT2D eigenvalue weighted by atomic mass is 19.4. The molecule has 66 heavy (non-hydrogen) atoms. The maximum absolute atomic E-state index is 13.5. The normalized spacial score (nSPS) is 30.3. The lowest BCUT2D eigenvalue weighted by Gasteiger charge is -2.53. The smallest absolute Gasteiger partial charge is 0.370 e. The second-order valence-corrected chi connectivity index (χ2v) is 21.5. The van der Waals surface area contributed by atoms with Crippen molar-refractivity contribution in [3.8, 4) is 0 Å². The molecule has 0 amide bonds. The highest BCUT2D eigenvalue weighted by molar-refractivity contribution is 5.95. The molecule has 8 nitrogen and oxygen atoms in total. The van der Waals surface area contributed by atoms with E-state index in [4.69, 9.17) is 0 Å². The molecular weight excluding hydrogens is 855 g/mol. The van der Waals surface area contributed by atoms with Crippen LogP contribution in [-0.2, 0) is 21.9 Å². The molecule has 6 fully saturated rings. The number of piperidine rings is 6. The summed E-state index contributed by atoms with van der Waals surface area (Å²) < 4.78 is 81.1. The number of anilines is 2. The number of aromatic nitrogens is 2. The Hall–Kier alpha value is -4.30. The number of pyridine rings is 2. The number of Topliss-reactive ketones (excluding diaryl/α,β-unsaturated/α-hetero) is 2. The summed E-state index contributed by atoms with van der Waals surface area (Å²) in [6, 6.07) is 12.3. The van der Waals surface area contributed by atoms with Gasteiger partial charge in [0.15, 0.2) is 0 Å². The molecule has 10 rings (SSSR count). The van der Waals surface area contributed by atoms with Gasteiger partial charge in [0, 0.05) is 113 Å². The molecule has 2 aromatic carbocycles. The van der Waals surface area contributed by atoms with Gasteiger partial charge in [-0.15, -0.1) is 0 Å². The number of likely N-dealkylation sites (tertiary alicyclic amines) is 2. The maximum atomic E-state index is 13.5. The summed E-state index contributed by atoms with van der Waals surface area (Å²) in [5, 5.41) is 1.05. The molecule has 356 valence electrons. The Labute approximate surface area is 384 Å². The quantitative estimate of drug-likeness (QED) is 0.146. The van der Waals surface area contributed by atoms with Gasteiger partial charge in [-0.1, -0.05) is 13.8 Å². The molecule has 2 aromatic heterocycles. The third-order valence-electron chi connectivity index (χ3n) is 16.1. The number of nitrogens with zero attached hydrogens (tertiary/aromatic N) is 6. The first-order valence-electron chi connectivity index (χ1n) is 24.2. The van der Waals surface area contributed by atoms with Gasteiger partial charge < -0.3 is 19.6 Å². The Kier molecular flexibility index (Phi) is 13.2. The van der Waals surface area contributed by atoms with Gasteiger partial charge in [0.05, 0.1) is 22.2 Å². The van der Waals surface area contributed by atoms with Crippen molar-refractivity contribution >= 4 is 44.7 Å². The first-order valence-corrected chi connectivity index (χ1v) is 24.2. The molecule has 6 aliphatic rings. The lowest BCUT2D eigenvalue weighted by atomic mass is 9.60. The van der Waals surface area contributed by atoms with Crippen molar-refractivity contribution in [3.05, 3.63) is 72.1 Å². The number of hydrogen-bond donors (Lipinski definition) is 0. The van der Waals surface area contributed by atoms with Crippen LogP contribution in [0.5, 0.6) is 0 Å². The van der Waals surface area contributed by atoms with Crippen molar-refractivity contribution in [3.63, 3.8) is 0 Å². The van der Waals surface area contributed by atoms with E-state index in [1.165, 1.54) is 25.2 Å². The lowest BCUT2D eigenvalue weighted by Crippen LogP contribution is -2.54. The van der Waals surface area contributed by atoms with Crippen molar-refractivity contribution < 1.29 is 35.9 Å². The number of halogens is 6. The predicted molar refractivity (Wildman–Crippen MR) is 246 cm³/mol. The second kappa shape index (κ2) is 18.7. The largest absolute Gasteiger partial charge is 0.418 e. The Morgan fingerprint density at radius 2 is 0.909 bits per heavy atom. The molecule has 0 N–H and O–H groups in total. The zero-order chi connectivity index (χ0) is 46.7. The second-order valence-electron chi connectivity index (χ2n) is 21.5. The van der Waals surface area contributed by atoms with Gasteiger partial charge in [-0.3, -0.25) is 19.6 Å². The minimum absolute atomic E-state index is 0.00477. The third kappa shape index (κ3) is 9.96. The lowest BCUT2D eigenvalue weighted by molar-refractivity contribution is -0.137. The number of carbonyl (C=O) groups excluding carboxylic acids is 2. The van der Waals surface area contributed by atoms with Gasteiger partial charge in [0.1, 0.15) is 11.6 Å². The summed E-state index contributed by atoms with van der Waals surface area (Å²) in [6.07, 6.45) is 0.989. The van der Waals surface area contributed by atoms with E-state index in [9.17, 15) is 35.9 Å². The topological polar surface area (TPSA) is 72.9 Å². The summed E-state index contributed by atoms with van der Waals surface area (Å²) >= 11 is 0. The monoisotopic (exact) mass is 918 g/mol. The van der Waals surface area contributed by atoms with E-state index < -0.39 is 23.5 Å². The van der Waals surface area contributed by atoms with Crippen LogP contribution in [0.25, 0.3) is 21.8 Å². The van der Waals surface area contributed by atoms with Crippen LogP contribution < -0.4 is 9.80 Å². The fourth-order valence-corrected chi connectivity index (χ4v) is 13.4. The van der Waals surface area contributed by atoms with Crippen molar-refractivity contribution in [1.29, 1.82) is 0 Å². The van der Waals surface area contributed by atoms with E-state index >= 15 is 0 Å². The maximum Gasteiger partial charge on any atom is 0.418 e. The van der Waals surface area contributed by atoms with Crippen molar-refractivity contribution in [2.24, 2.45) is 59.2 Å². The van der Waals surface area contributed by atoms with Crippen molar-refractivity contribution in [1.82, 2.24) is 19.8 Å². The van der Waals surface area contributed by atoms with Gasteiger partial charge in [0.25, 0.3) is 0 Å². The Morgan fingerprint density at radius 3 is 1.27 bits per heavy atom. The van der Waals surface area contributed by atoms with Gasteiger partial charge >= 0.3 is 12.4 Å². The molecule has 2 unspecified atom stereocenters. The molecule has 14 heteroatoms. The van der Waals surface area contributed by atoms with E-state index in [0.29, 0.717) is 108 Å². The van der Waals surface area contributed by atoms with Crippen LogP contribution in [0.1, 0.15) is 76.3 Å². The molecule has 0 radical (unpaired) electrons. The van der Waals surface area contributed by atoms with Gasteiger partial charge in [-0.25, -0.2) is 0 Å². The number of benzene rings is 2. The molecule has 2 aliphatic carbocycles. The summed E-state index contributed by atoms with van der Waals surface area (Å²) in [5.41, 5.74) is 0.161. The fraction of sp³-hybridized carbons (Fsp3) is 0.615. The summed E-state index contributed by atoms with van der Waals surface area (Å²) in [4.78, 5) is 43.2. The van der Waals surface area contributed by atoms with Crippen LogP contribution in [0.3, 0.4) is 0 Å². The summed E-state index contributed by atoms with van der Waals surface area (Å²) in [5.74, 6) is 5.73. The van der Waals surface area contributed by atoms with Crippen LogP contribution in [0, 0.1) is 59.2 Å². The number of rotatable bonds is 10. The number of alkyl halides is 6. The number of fused-ring (bicyclic) bond motifs is 6. The van der Waals surface area contributed by atoms with Gasteiger partial charge in [-0.2, -0.15) is 26.3 Å². The van der Waals surface area contributed by atoms with E-state index in [1.807, 2.05) is 0 Å². The fourth-order valence-electron chi connectivity index (χ4n) is 13.4. The molecule has 2 saturated carbocycles.